The molecule has 3 aromatic carbocycles. The summed E-state index contributed by atoms with van der Waals surface area (Å²) in [6, 6.07) is 19.0. The molecule has 3 aromatic rings. The van der Waals surface area contributed by atoms with Crippen LogP contribution in [0.2, 0.25) is 5.02 Å². The van der Waals surface area contributed by atoms with Crippen LogP contribution in [-0.4, -0.2) is 38.0 Å². The van der Waals surface area contributed by atoms with Crippen molar-refractivity contribution in [2.24, 2.45) is 4.40 Å². The Morgan fingerprint density at radius 2 is 1.82 bits per heavy atom. The lowest BCUT2D eigenvalue weighted by Crippen LogP contribution is -2.29. The number of thioether (sulfide) groups is 1. The molecule has 0 radical (unpaired) electrons. The van der Waals surface area contributed by atoms with E-state index >= 15 is 0 Å². The van der Waals surface area contributed by atoms with Crippen LogP contribution in [0.1, 0.15) is 16.7 Å². The first-order valence-electron chi connectivity index (χ1n) is 11.5. The third-order valence-electron chi connectivity index (χ3n) is 5.54. The van der Waals surface area contributed by atoms with Gasteiger partial charge in [-0.1, -0.05) is 59.6 Å². The Morgan fingerprint density at radius 1 is 1.08 bits per heavy atom. The molecule has 4 rings (SSSR count). The van der Waals surface area contributed by atoms with Gasteiger partial charge >= 0.3 is 0 Å². The Kier molecular flexibility index (Phi) is 8.61. The lowest BCUT2D eigenvalue weighted by atomic mass is 10.1. The van der Waals surface area contributed by atoms with E-state index < -0.39 is 10.0 Å². The molecule has 0 bridgehead atoms. The van der Waals surface area contributed by atoms with Gasteiger partial charge in [-0.3, -0.25) is 9.69 Å². The smallest absolute Gasteiger partial charge is 0.284 e. The second kappa shape index (κ2) is 11.9. The van der Waals surface area contributed by atoms with Crippen LogP contribution in [0.25, 0.3) is 6.08 Å². The van der Waals surface area contributed by atoms with Gasteiger partial charge in [-0.15, -0.1) is 11.0 Å². The molecule has 0 N–H and O–H groups in total. The Balaban J connectivity index is 1.59. The van der Waals surface area contributed by atoms with E-state index in [0.717, 1.165) is 22.9 Å². The van der Waals surface area contributed by atoms with E-state index in [1.807, 2.05) is 25.1 Å². The van der Waals surface area contributed by atoms with E-state index in [2.05, 4.69) is 11.0 Å². The van der Waals surface area contributed by atoms with Crippen molar-refractivity contribution in [2.45, 2.75) is 18.4 Å². The first-order valence-corrected chi connectivity index (χ1v) is 14.1. The van der Waals surface area contributed by atoms with Gasteiger partial charge in [0.05, 0.1) is 16.9 Å². The molecule has 1 heterocycles. The van der Waals surface area contributed by atoms with Gasteiger partial charge in [0.2, 0.25) is 0 Å². The van der Waals surface area contributed by atoms with Gasteiger partial charge in [0, 0.05) is 17.1 Å². The molecule has 0 aliphatic carbocycles. The number of amidine groups is 1. The SMILES string of the molecule is C=CCN1C(=O)/C(=C\c2ccc(OCc3ccccc3Cl)c(OC)c2)S/C1=N\S(=O)(=O)c1ccc(C)cc1. The number of rotatable bonds is 9. The monoisotopic (exact) mass is 568 g/mol. The Labute approximate surface area is 231 Å². The second-order valence-corrected chi connectivity index (χ2v) is 11.3. The van der Waals surface area contributed by atoms with Crippen molar-refractivity contribution < 1.29 is 22.7 Å². The molecule has 0 unspecified atom stereocenters. The fourth-order valence-corrected chi connectivity index (χ4v) is 5.93. The van der Waals surface area contributed by atoms with E-state index in [-0.39, 0.29) is 29.1 Å². The number of amides is 1. The van der Waals surface area contributed by atoms with Crippen molar-refractivity contribution in [2.75, 3.05) is 13.7 Å². The van der Waals surface area contributed by atoms with Crippen LogP contribution in [-0.2, 0) is 21.4 Å². The zero-order valence-corrected chi connectivity index (χ0v) is 23.1. The van der Waals surface area contributed by atoms with E-state index in [9.17, 15) is 13.2 Å². The van der Waals surface area contributed by atoms with Crippen LogP contribution in [0.15, 0.2) is 93.6 Å². The largest absolute Gasteiger partial charge is 0.493 e. The number of ether oxygens (including phenoxy) is 2. The number of nitrogens with zero attached hydrogens (tertiary/aromatic N) is 2. The number of methoxy groups -OCH3 is 1. The summed E-state index contributed by atoms with van der Waals surface area (Å²) in [5, 5.41) is 0.670. The molecule has 1 saturated heterocycles. The number of hydrogen-bond donors (Lipinski definition) is 0. The fourth-order valence-electron chi connectivity index (χ4n) is 3.55. The lowest BCUT2D eigenvalue weighted by Gasteiger charge is -2.13. The quantitative estimate of drug-likeness (QED) is 0.230. The molecule has 1 fully saturated rings. The molecule has 10 heteroatoms. The Morgan fingerprint density at radius 3 is 2.50 bits per heavy atom. The number of carbonyl (C=O) groups is 1. The highest BCUT2D eigenvalue weighted by atomic mass is 35.5. The molecular weight excluding hydrogens is 544 g/mol. The standard InChI is InChI=1S/C28H25ClN2O5S2/c1-4-15-31-27(32)26(37-28(31)30-38(33,34)22-12-9-19(2)10-13-22)17-20-11-14-24(25(16-20)35-3)36-18-21-7-5-6-8-23(21)29/h4-14,16-17H,1,15,18H2,2-3H3/b26-17+,30-28-. The summed E-state index contributed by atoms with van der Waals surface area (Å²) >= 11 is 7.20. The zero-order valence-electron chi connectivity index (χ0n) is 20.8. The highest BCUT2D eigenvalue weighted by Crippen LogP contribution is 2.36. The first-order chi connectivity index (χ1) is 18.2. The van der Waals surface area contributed by atoms with E-state index in [1.54, 1.807) is 42.5 Å². The highest BCUT2D eigenvalue weighted by Gasteiger charge is 2.34. The minimum atomic E-state index is -4.01. The van der Waals surface area contributed by atoms with Gasteiger partial charge in [0.1, 0.15) is 6.61 Å². The summed E-state index contributed by atoms with van der Waals surface area (Å²) in [5.41, 5.74) is 2.44. The van der Waals surface area contributed by atoms with Gasteiger partial charge in [-0.25, -0.2) is 0 Å². The summed E-state index contributed by atoms with van der Waals surface area (Å²) in [7, 11) is -2.49. The maximum absolute atomic E-state index is 13.1. The number of carbonyl (C=O) groups excluding carboxylic acids is 1. The summed E-state index contributed by atoms with van der Waals surface area (Å²) in [4.78, 5) is 14.8. The van der Waals surface area contributed by atoms with Crippen molar-refractivity contribution in [3.8, 4) is 11.5 Å². The van der Waals surface area contributed by atoms with Crippen LogP contribution >= 0.6 is 23.4 Å². The van der Waals surface area contributed by atoms with Gasteiger partial charge in [0.15, 0.2) is 16.7 Å². The van der Waals surface area contributed by atoms with Crippen LogP contribution in [0, 0.1) is 6.92 Å². The minimum absolute atomic E-state index is 0.0525. The zero-order chi connectivity index (χ0) is 27.3. The predicted octanol–water partition coefficient (Wildman–Crippen LogP) is 6.08. The van der Waals surface area contributed by atoms with Crippen molar-refractivity contribution in [1.82, 2.24) is 4.90 Å². The normalized spacial score (nSPS) is 15.8. The number of hydrogen-bond acceptors (Lipinski definition) is 6. The number of sulfonamides is 1. The summed E-state index contributed by atoms with van der Waals surface area (Å²) < 4.78 is 41.2. The van der Waals surface area contributed by atoms with E-state index in [4.69, 9.17) is 21.1 Å². The van der Waals surface area contributed by atoms with E-state index in [1.165, 1.54) is 30.2 Å². The maximum Gasteiger partial charge on any atom is 0.284 e. The van der Waals surface area contributed by atoms with Crippen molar-refractivity contribution in [3.63, 3.8) is 0 Å². The molecule has 7 nitrogen and oxygen atoms in total. The van der Waals surface area contributed by atoms with Crippen molar-refractivity contribution in [3.05, 3.63) is 106 Å². The fraction of sp³-hybridized carbons (Fsp3) is 0.143. The molecule has 0 saturated carbocycles. The van der Waals surface area contributed by atoms with Crippen LogP contribution < -0.4 is 9.47 Å². The molecule has 1 amide bonds. The summed E-state index contributed by atoms with van der Waals surface area (Å²) in [6.07, 6.45) is 3.17. The molecule has 0 spiro atoms. The number of aryl methyl sites for hydroxylation is 1. The predicted molar refractivity (Wildman–Crippen MR) is 152 cm³/mol. The Bertz CT molecular complexity index is 1530. The second-order valence-electron chi connectivity index (χ2n) is 8.27. The van der Waals surface area contributed by atoms with Gasteiger partial charge in [-0.2, -0.15) is 8.42 Å². The topological polar surface area (TPSA) is 85.3 Å². The Hall–Kier alpha value is -3.53. The first kappa shape index (κ1) is 27.5. The molecule has 1 aliphatic rings. The molecule has 38 heavy (non-hydrogen) atoms. The molecular formula is C28H25ClN2O5S2. The van der Waals surface area contributed by atoms with Gasteiger partial charge in [0.25, 0.3) is 15.9 Å². The summed E-state index contributed by atoms with van der Waals surface area (Å²) in [5.74, 6) is 0.617. The number of halogens is 1. The third kappa shape index (κ3) is 6.30. The van der Waals surface area contributed by atoms with Crippen LogP contribution in [0.3, 0.4) is 0 Å². The summed E-state index contributed by atoms with van der Waals surface area (Å²) in [6.45, 7) is 5.92. The molecule has 0 atom stereocenters. The molecule has 1 aliphatic heterocycles. The van der Waals surface area contributed by atoms with Crippen LogP contribution in [0.4, 0.5) is 0 Å². The number of benzene rings is 3. The minimum Gasteiger partial charge on any atom is -0.493 e. The van der Waals surface area contributed by atoms with Gasteiger partial charge < -0.3 is 9.47 Å². The average molecular weight is 569 g/mol. The van der Waals surface area contributed by atoms with Gasteiger partial charge in [-0.05, 0) is 60.7 Å². The highest BCUT2D eigenvalue weighted by molar-refractivity contribution is 8.19. The molecule has 196 valence electrons. The maximum atomic E-state index is 13.1. The van der Waals surface area contributed by atoms with Crippen molar-refractivity contribution in [1.29, 1.82) is 0 Å². The average Bonchev–Trinajstić information content (AvgIpc) is 3.17. The van der Waals surface area contributed by atoms with Crippen molar-refractivity contribution >= 4 is 50.5 Å². The lowest BCUT2D eigenvalue weighted by molar-refractivity contribution is -0.121. The molecule has 0 aromatic heterocycles. The van der Waals surface area contributed by atoms with E-state index in [0.29, 0.717) is 27.0 Å². The van der Waals surface area contributed by atoms with Crippen LogP contribution in [0.5, 0.6) is 11.5 Å². The third-order valence-corrected chi connectivity index (χ3v) is 8.32.